The molecule has 0 N–H and O–H groups in total. The highest BCUT2D eigenvalue weighted by atomic mass is 15.0. The fourth-order valence-electron chi connectivity index (χ4n) is 5.85. The van der Waals surface area contributed by atoms with Crippen LogP contribution in [0.5, 0.6) is 0 Å². The Bertz CT molecular complexity index is 2360. The highest BCUT2D eigenvalue weighted by molar-refractivity contribution is 5.86. The molecule has 5 heteroatoms. The Kier molecular flexibility index (Phi) is 7.84. The van der Waals surface area contributed by atoms with Gasteiger partial charge in [-0.15, -0.1) is 0 Å². The van der Waals surface area contributed by atoms with Gasteiger partial charge in [0.15, 0.2) is 17.5 Å². The van der Waals surface area contributed by atoms with Crippen molar-refractivity contribution in [2.24, 2.45) is 0 Å². The number of aromatic nitrogens is 5. The summed E-state index contributed by atoms with van der Waals surface area (Å²) >= 11 is 0. The number of rotatable bonds is 7. The number of allylic oxidation sites excluding steroid dienone is 1. The maximum Gasteiger partial charge on any atom is 0.164 e. The third-order valence-corrected chi connectivity index (χ3v) is 8.60. The third kappa shape index (κ3) is 6.25. The number of nitrogens with zero attached hydrogens (tertiary/aromatic N) is 5. The van der Waals surface area contributed by atoms with E-state index in [1.165, 1.54) is 0 Å². The summed E-state index contributed by atoms with van der Waals surface area (Å²) < 4.78 is 0. The lowest BCUT2D eigenvalue weighted by Gasteiger charge is -2.10. The Balaban J connectivity index is 1.04. The summed E-state index contributed by atoms with van der Waals surface area (Å²) in [6.45, 7) is 5.98. The highest BCUT2D eigenvalue weighted by Crippen LogP contribution is 2.30. The largest absolute Gasteiger partial charge is 0.254 e. The second-order valence-electron chi connectivity index (χ2n) is 12.0. The minimum absolute atomic E-state index is 0.643. The normalized spacial score (nSPS) is 11.0. The van der Waals surface area contributed by atoms with Crippen molar-refractivity contribution in [2.45, 2.75) is 6.92 Å². The zero-order valence-corrected chi connectivity index (χ0v) is 27.0. The molecule has 0 bridgehead atoms. The van der Waals surface area contributed by atoms with E-state index in [4.69, 9.17) is 19.9 Å². The molecule has 0 amide bonds. The van der Waals surface area contributed by atoms with Crippen molar-refractivity contribution in [2.75, 3.05) is 0 Å². The molecule has 0 radical (unpaired) electrons. The molecule has 3 heterocycles. The average Bonchev–Trinajstić information content (AvgIpc) is 3.18. The van der Waals surface area contributed by atoms with Crippen LogP contribution in [0.1, 0.15) is 12.5 Å². The van der Waals surface area contributed by atoms with Gasteiger partial charge in [0, 0.05) is 28.3 Å². The van der Waals surface area contributed by atoms with Crippen LogP contribution >= 0.6 is 0 Å². The molecule has 49 heavy (non-hydrogen) atoms. The first-order chi connectivity index (χ1) is 24.1. The number of hydrogen-bond acceptors (Lipinski definition) is 5. The summed E-state index contributed by atoms with van der Waals surface area (Å²) in [5.41, 5.74) is 12.1. The lowest BCUT2D eigenvalue weighted by Crippen LogP contribution is -2.00. The molecule has 5 aromatic carbocycles. The van der Waals surface area contributed by atoms with E-state index in [0.29, 0.717) is 17.5 Å². The van der Waals surface area contributed by atoms with E-state index in [1.54, 1.807) is 0 Å². The molecule has 0 aliphatic carbocycles. The smallest absolute Gasteiger partial charge is 0.164 e. The van der Waals surface area contributed by atoms with Crippen LogP contribution in [0, 0.1) is 0 Å². The molecule has 0 saturated heterocycles. The van der Waals surface area contributed by atoms with E-state index in [9.17, 15) is 0 Å². The number of fused-ring (bicyclic) bond motifs is 1. The minimum Gasteiger partial charge on any atom is -0.254 e. The number of pyridine rings is 2. The lowest BCUT2D eigenvalue weighted by molar-refractivity contribution is 1.07. The molecule has 0 aliphatic heterocycles. The standard InChI is InChI=1S/C44H31N5/c1-29(2)38-23-25-40(45-28-38)41-26-22-37-27-36(21-24-39(37)46-41)32-15-13-30(14-16-32)31-17-19-35(20-18-31)44-48-42(33-9-5-3-6-10-33)47-43(49-44)34-11-7-4-8-12-34/h3-28H,1H2,2H3. The molecule has 0 spiro atoms. The van der Waals surface area contributed by atoms with Gasteiger partial charge in [-0.25, -0.2) is 19.9 Å². The highest BCUT2D eigenvalue weighted by Gasteiger charge is 2.13. The lowest BCUT2D eigenvalue weighted by atomic mass is 9.98. The van der Waals surface area contributed by atoms with E-state index in [0.717, 1.165) is 72.4 Å². The van der Waals surface area contributed by atoms with E-state index in [1.807, 2.05) is 92.0 Å². The molecular formula is C44H31N5. The molecular weight excluding hydrogens is 599 g/mol. The van der Waals surface area contributed by atoms with Crippen molar-refractivity contribution in [3.63, 3.8) is 0 Å². The fourth-order valence-corrected chi connectivity index (χ4v) is 5.85. The average molecular weight is 630 g/mol. The zero-order valence-electron chi connectivity index (χ0n) is 27.0. The van der Waals surface area contributed by atoms with Crippen LogP contribution in [0.3, 0.4) is 0 Å². The summed E-state index contributed by atoms with van der Waals surface area (Å²) in [5.74, 6) is 1.95. The van der Waals surface area contributed by atoms with Gasteiger partial charge in [-0.3, -0.25) is 4.98 Å². The molecule has 232 valence electrons. The molecule has 0 unspecified atom stereocenters. The van der Waals surface area contributed by atoms with Crippen LogP contribution < -0.4 is 0 Å². The van der Waals surface area contributed by atoms with Gasteiger partial charge >= 0.3 is 0 Å². The van der Waals surface area contributed by atoms with E-state index >= 15 is 0 Å². The fraction of sp³-hybridized carbons (Fsp3) is 0.0227. The van der Waals surface area contributed by atoms with Crippen molar-refractivity contribution in [3.05, 3.63) is 170 Å². The van der Waals surface area contributed by atoms with E-state index in [-0.39, 0.29) is 0 Å². The van der Waals surface area contributed by atoms with Crippen LogP contribution in [-0.2, 0) is 0 Å². The van der Waals surface area contributed by atoms with E-state index < -0.39 is 0 Å². The van der Waals surface area contributed by atoms with Crippen molar-refractivity contribution in [1.82, 2.24) is 24.9 Å². The van der Waals surface area contributed by atoms with Crippen molar-refractivity contribution in [3.8, 4) is 67.8 Å². The summed E-state index contributed by atoms with van der Waals surface area (Å²) in [6, 6.07) is 51.7. The molecule has 8 rings (SSSR count). The van der Waals surface area contributed by atoms with Gasteiger partial charge in [0.05, 0.1) is 16.9 Å². The third-order valence-electron chi connectivity index (χ3n) is 8.60. The molecule has 0 aliphatic rings. The van der Waals surface area contributed by atoms with Crippen molar-refractivity contribution in [1.29, 1.82) is 0 Å². The monoisotopic (exact) mass is 629 g/mol. The molecule has 0 saturated carbocycles. The summed E-state index contributed by atoms with van der Waals surface area (Å²) in [5, 5.41) is 1.09. The number of hydrogen-bond donors (Lipinski definition) is 0. The first-order valence-corrected chi connectivity index (χ1v) is 16.2. The Morgan fingerprint density at radius 3 is 1.41 bits per heavy atom. The maximum atomic E-state index is 4.88. The van der Waals surface area contributed by atoms with Gasteiger partial charge in [0.1, 0.15) is 0 Å². The first kappa shape index (κ1) is 29.8. The predicted octanol–water partition coefficient (Wildman–Crippen LogP) is 10.8. The Labute approximate surface area is 285 Å². The van der Waals surface area contributed by atoms with Gasteiger partial charge < -0.3 is 0 Å². The quantitative estimate of drug-likeness (QED) is 0.175. The summed E-state index contributed by atoms with van der Waals surface area (Å²) in [7, 11) is 0. The molecule has 5 nitrogen and oxygen atoms in total. The zero-order chi connectivity index (χ0) is 33.2. The van der Waals surface area contributed by atoms with Gasteiger partial charge in [0.2, 0.25) is 0 Å². The summed E-state index contributed by atoms with van der Waals surface area (Å²) in [4.78, 5) is 24.0. The first-order valence-electron chi connectivity index (χ1n) is 16.2. The van der Waals surface area contributed by atoms with Gasteiger partial charge in [-0.2, -0.15) is 0 Å². The second kappa shape index (κ2) is 12.9. The second-order valence-corrected chi connectivity index (χ2v) is 12.0. The predicted molar refractivity (Wildman–Crippen MR) is 200 cm³/mol. The SMILES string of the molecule is C=C(C)c1ccc(-c2ccc3cc(-c4ccc(-c5ccc(-c6nc(-c7ccccc7)nc(-c7ccccc7)n6)cc5)cc4)ccc3n2)nc1. The number of benzene rings is 5. The van der Waals surface area contributed by atoms with Gasteiger partial charge in [-0.1, -0.05) is 134 Å². The van der Waals surface area contributed by atoms with Crippen LogP contribution in [0.15, 0.2) is 164 Å². The molecule has 0 atom stereocenters. The van der Waals surface area contributed by atoms with Crippen molar-refractivity contribution < 1.29 is 0 Å². The van der Waals surface area contributed by atoms with Crippen LogP contribution in [-0.4, -0.2) is 24.9 Å². The van der Waals surface area contributed by atoms with Gasteiger partial charge in [0.25, 0.3) is 0 Å². The molecule has 8 aromatic rings. The molecule has 3 aromatic heterocycles. The minimum atomic E-state index is 0.643. The van der Waals surface area contributed by atoms with Crippen LogP contribution in [0.2, 0.25) is 0 Å². The Morgan fingerprint density at radius 2 is 0.898 bits per heavy atom. The Morgan fingerprint density at radius 1 is 0.429 bits per heavy atom. The summed E-state index contributed by atoms with van der Waals surface area (Å²) in [6.07, 6.45) is 1.85. The van der Waals surface area contributed by atoms with Crippen LogP contribution in [0.25, 0.3) is 84.3 Å². The van der Waals surface area contributed by atoms with Crippen molar-refractivity contribution >= 4 is 16.5 Å². The maximum absolute atomic E-state index is 4.88. The van der Waals surface area contributed by atoms with E-state index in [2.05, 4.69) is 84.4 Å². The Hall–Kier alpha value is -6.59. The topological polar surface area (TPSA) is 64.5 Å². The van der Waals surface area contributed by atoms with Crippen LogP contribution in [0.4, 0.5) is 0 Å². The molecule has 0 fully saturated rings. The van der Waals surface area contributed by atoms with Gasteiger partial charge in [-0.05, 0) is 64.6 Å².